The smallest absolute Gasteiger partial charge is 0.249 e. The lowest BCUT2D eigenvalue weighted by atomic mass is 10.1. The van der Waals surface area contributed by atoms with E-state index in [-0.39, 0.29) is 24.9 Å². The van der Waals surface area contributed by atoms with Crippen molar-refractivity contribution in [3.8, 4) is 0 Å². The van der Waals surface area contributed by atoms with E-state index in [9.17, 15) is 8.78 Å². The number of nitrogens with one attached hydrogen (secondary N) is 1. The molecule has 0 saturated heterocycles. The Bertz CT molecular complexity index is 208. The Morgan fingerprint density at radius 1 is 1.14 bits per heavy atom. The number of hydrogen-bond donors (Lipinski definition) is 2. The van der Waals surface area contributed by atoms with Crippen molar-refractivity contribution in [2.24, 2.45) is 5.73 Å². The lowest BCUT2D eigenvalue weighted by Gasteiger charge is -2.18. The van der Waals surface area contributed by atoms with Gasteiger partial charge < -0.3 is 11.1 Å². The number of hydrogen-bond acceptors (Lipinski definition) is 2. The molecule has 0 spiro atoms. The van der Waals surface area contributed by atoms with E-state index in [0.717, 1.165) is 19.3 Å². The lowest BCUT2D eigenvalue weighted by Crippen LogP contribution is -2.36. The maximum absolute atomic E-state index is 12.9. The van der Waals surface area contributed by atoms with Crippen LogP contribution in [0.25, 0.3) is 0 Å². The molecule has 2 fully saturated rings. The van der Waals surface area contributed by atoms with Crippen LogP contribution >= 0.6 is 0 Å². The number of rotatable bonds is 2. The highest BCUT2D eigenvalue weighted by atomic mass is 19.3. The molecular weight excluding hydrogens is 186 g/mol. The van der Waals surface area contributed by atoms with Crippen molar-refractivity contribution in [3.63, 3.8) is 0 Å². The van der Waals surface area contributed by atoms with E-state index in [1.165, 1.54) is 0 Å². The quantitative estimate of drug-likeness (QED) is 0.717. The van der Waals surface area contributed by atoms with Gasteiger partial charge in [0.05, 0.1) is 0 Å². The Labute approximate surface area is 83.2 Å². The maximum Gasteiger partial charge on any atom is 0.249 e. The van der Waals surface area contributed by atoms with Crippen molar-refractivity contribution in [2.45, 2.75) is 62.6 Å². The fourth-order valence-corrected chi connectivity index (χ4v) is 2.59. The zero-order valence-corrected chi connectivity index (χ0v) is 8.31. The first-order valence-electron chi connectivity index (χ1n) is 5.45. The SMILES string of the molecule is NC1CCC(NC2CCC(F)(F)C2)C1. The monoisotopic (exact) mass is 204 g/mol. The number of halogens is 2. The minimum absolute atomic E-state index is 0.0126. The fraction of sp³-hybridized carbons (Fsp3) is 1.00. The summed E-state index contributed by atoms with van der Waals surface area (Å²) in [4.78, 5) is 0. The Morgan fingerprint density at radius 2 is 1.93 bits per heavy atom. The van der Waals surface area contributed by atoms with Gasteiger partial charge in [0, 0.05) is 31.0 Å². The van der Waals surface area contributed by atoms with E-state index in [1.54, 1.807) is 0 Å². The molecule has 0 aliphatic heterocycles. The molecule has 0 amide bonds. The third-order valence-electron chi connectivity index (χ3n) is 3.35. The summed E-state index contributed by atoms with van der Waals surface area (Å²) in [6, 6.07) is 0.665. The molecule has 0 heterocycles. The van der Waals surface area contributed by atoms with Crippen LogP contribution in [0.4, 0.5) is 8.78 Å². The molecule has 4 heteroatoms. The maximum atomic E-state index is 12.9. The minimum atomic E-state index is -2.43. The molecular formula is C10H18F2N2. The van der Waals surface area contributed by atoms with Gasteiger partial charge in [0.1, 0.15) is 0 Å². The van der Waals surface area contributed by atoms with Gasteiger partial charge in [-0.2, -0.15) is 0 Å². The summed E-state index contributed by atoms with van der Waals surface area (Å²) in [6.07, 6.45) is 3.69. The summed E-state index contributed by atoms with van der Waals surface area (Å²) in [6.45, 7) is 0. The average Bonchev–Trinajstić information content (AvgIpc) is 2.59. The van der Waals surface area contributed by atoms with Crippen LogP contribution in [0, 0.1) is 0 Å². The van der Waals surface area contributed by atoms with Crippen molar-refractivity contribution >= 4 is 0 Å². The predicted octanol–water partition coefficient (Wildman–Crippen LogP) is 1.64. The molecule has 14 heavy (non-hydrogen) atoms. The first-order valence-corrected chi connectivity index (χ1v) is 5.45. The largest absolute Gasteiger partial charge is 0.328 e. The van der Waals surface area contributed by atoms with E-state index in [1.807, 2.05) is 0 Å². The van der Waals surface area contributed by atoms with Crippen molar-refractivity contribution < 1.29 is 8.78 Å². The van der Waals surface area contributed by atoms with Gasteiger partial charge in [-0.1, -0.05) is 0 Å². The summed E-state index contributed by atoms with van der Waals surface area (Å²) in [5, 5.41) is 3.30. The van der Waals surface area contributed by atoms with Gasteiger partial charge in [0.25, 0.3) is 0 Å². The fourth-order valence-electron chi connectivity index (χ4n) is 2.59. The van der Waals surface area contributed by atoms with E-state index in [4.69, 9.17) is 5.73 Å². The predicted molar refractivity (Wildman–Crippen MR) is 51.3 cm³/mol. The molecule has 0 aromatic heterocycles. The molecule has 2 rings (SSSR count). The first kappa shape index (κ1) is 10.3. The van der Waals surface area contributed by atoms with Crippen LogP contribution in [0.2, 0.25) is 0 Å². The summed E-state index contributed by atoms with van der Waals surface area (Å²) >= 11 is 0. The molecule has 3 atom stereocenters. The van der Waals surface area contributed by atoms with Crippen LogP contribution in [-0.2, 0) is 0 Å². The zero-order chi connectivity index (χ0) is 10.2. The van der Waals surface area contributed by atoms with Gasteiger partial charge in [-0.15, -0.1) is 0 Å². The molecule has 2 saturated carbocycles. The van der Waals surface area contributed by atoms with Gasteiger partial charge >= 0.3 is 0 Å². The summed E-state index contributed by atoms with van der Waals surface area (Å²) in [5.41, 5.74) is 5.76. The third-order valence-corrected chi connectivity index (χ3v) is 3.35. The Balaban J connectivity index is 1.76. The van der Waals surface area contributed by atoms with Crippen LogP contribution in [0.5, 0.6) is 0 Å². The van der Waals surface area contributed by atoms with Gasteiger partial charge in [-0.25, -0.2) is 8.78 Å². The van der Waals surface area contributed by atoms with Crippen LogP contribution in [0.15, 0.2) is 0 Å². The second kappa shape index (κ2) is 3.74. The van der Waals surface area contributed by atoms with E-state index < -0.39 is 5.92 Å². The summed E-state index contributed by atoms with van der Waals surface area (Å²) in [5.74, 6) is -2.43. The van der Waals surface area contributed by atoms with Crippen LogP contribution in [-0.4, -0.2) is 24.0 Å². The van der Waals surface area contributed by atoms with Gasteiger partial charge in [-0.3, -0.25) is 0 Å². The average molecular weight is 204 g/mol. The number of nitrogens with two attached hydrogens (primary N) is 1. The Morgan fingerprint density at radius 3 is 2.43 bits per heavy atom. The van der Waals surface area contributed by atoms with Gasteiger partial charge in [-0.05, 0) is 25.7 Å². The number of alkyl halides is 2. The minimum Gasteiger partial charge on any atom is -0.328 e. The van der Waals surface area contributed by atoms with E-state index in [2.05, 4.69) is 5.32 Å². The molecule has 82 valence electrons. The summed E-state index contributed by atoms with van der Waals surface area (Å²) in [7, 11) is 0. The normalized spacial score (nSPS) is 41.8. The highest BCUT2D eigenvalue weighted by Gasteiger charge is 2.40. The Hall–Kier alpha value is -0.220. The second-order valence-corrected chi connectivity index (χ2v) is 4.73. The van der Waals surface area contributed by atoms with Crippen LogP contribution in [0.1, 0.15) is 38.5 Å². The second-order valence-electron chi connectivity index (χ2n) is 4.73. The molecule has 2 aliphatic rings. The molecule has 0 aromatic rings. The first-order chi connectivity index (χ1) is 6.55. The molecule has 0 aromatic carbocycles. The van der Waals surface area contributed by atoms with E-state index >= 15 is 0 Å². The topological polar surface area (TPSA) is 38.0 Å². The lowest BCUT2D eigenvalue weighted by molar-refractivity contribution is 0.00661. The van der Waals surface area contributed by atoms with Crippen LogP contribution in [0.3, 0.4) is 0 Å². The highest BCUT2D eigenvalue weighted by Crippen LogP contribution is 2.35. The van der Waals surface area contributed by atoms with Gasteiger partial charge in [0.15, 0.2) is 0 Å². The molecule has 2 nitrogen and oxygen atoms in total. The summed E-state index contributed by atoms with van der Waals surface area (Å²) < 4.78 is 25.8. The molecule has 3 unspecified atom stereocenters. The van der Waals surface area contributed by atoms with Crippen molar-refractivity contribution in [3.05, 3.63) is 0 Å². The standard InChI is InChI=1S/C10H18F2N2/c11-10(12)4-3-9(6-10)14-8-2-1-7(13)5-8/h7-9,14H,1-6,13H2. The van der Waals surface area contributed by atoms with Crippen LogP contribution < -0.4 is 11.1 Å². The molecule has 0 bridgehead atoms. The molecule has 2 aliphatic carbocycles. The van der Waals surface area contributed by atoms with Crippen molar-refractivity contribution in [2.75, 3.05) is 0 Å². The van der Waals surface area contributed by atoms with Crippen molar-refractivity contribution in [1.82, 2.24) is 5.32 Å². The Kier molecular flexibility index (Phi) is 2.75. The molecule has 3 N–H and O–H groups in total. The van der Waals surface area contributed by atoms with E-state index in [0.29, 0.717) is 12.5 Å². The third kappa shape index (κ3) is 2.42. The highest BCUT2D eigenvalue weighted by molar-refractivity contribution is 4.91. The zero-order valence-electron chi connectivity index (χ0n) is 8.31. The van der Waals surface area contributed by atoms with Gasteiger partial charge in [0.2, 0.25) is 5.92 Å². The molecule has 0 radical (unpaired) electrons. The van der Waals surface area contributed by atoms with Crippen molar-refractivity contribution in [1.29, 1.82) is 0 Å².